The minimum atomic E-state index is -0.416. The highest BCUT2D eigenvalue weighted by atomic mass is 32.1. The topological polar surface area (TPSA) is 64.1 Å². The Morgan fingerprint density at radius 1 is 0.833 bits per heavy atom. The van der Waals surface area contributed by atoms with Crippen LogP contribution in [0.4, 0.5) is 5.13 Å². The summed E-state index contributed by atoms with van der Waals surface area (Å²) < 4.78 is 5.71. The van der Waals surface area contributed by atoms with Crippen LogP contribution in [-0.4, -0.2) is 22.7 Å². The molecule has 0 spiro atoms. The first kappa shape index (κ1) is 19.8. The highest BCUT2D eigenvalue weighted by molar-refractivity contribution is 7.15. The van der Waals surface area contributed by atoms with Gasteiger partial charge < -0.3 is 4.74 Å². The van der Waals surface area contributed by atoms with Crippen LogP contribution in [0, 0.1) is 0 Å². The number of carbonyl (C=O) groups excluding carboxylic acids is 1. The molecule has 0 unspecified atom stereocenters. The quantitative estimate of drug-likeness (QED) is 0.443. The van der Waals surface area contributed by atoms with Crippen LogP contribution in [-0.2, 0) is 11.2 Å². The first-order valence-electron chi connectivity index (χ1n) is 9.70. The Bertz CT molecular complexity index is 1030. The summed E-state index contributed by atoms with van der Waals surface area (Å²) in [5.41, 5.74) is 1.87. The first-order valence-corrected chi connectivity index (χ1v) is 10.5. The van der Waals surface area contributed by atoms with Crippen molar-refractivity contribution in [3.8, 4) is 5.75 Å². The van der Waals surface area contributed by atoms with Gasteiger partial charge in [-0.15, -0.1) is 10.2 Å². The van der Waals surface area contributed by atoms with E-state index in [2.05, 4.69) is 15.5 Å². The third-order valence-corrected chi connectivity index (χ3v) is 5.45. The molecule has 1 amide bonds. The van der Waals surface area contributed by atoms with Gasteiger partial charge in [-0.2, -0.15) is 0 Å². The number of nitrogens with one attached hydrogen (secondary N) is 1. The lowest BCUT2D eigenvalue weighted by molar-refractivity contribution is -0.116. The molecule has 4 aromatic rings. The molecular formula is C24H21N3O2S. The van der Waals surface area contributed by atoms with E-state index >= 15 is 0 Å². The van der Waals surface area contributed by atoms with E-state index in [1.165, 1.54) is 11.3 Å². The van der Waals surface area contributed by atoms with Crippen molar-refractivity contribution in [2.75, 3.05) is 11.9 Å². The number of carbonyl (C=O) groups is 1. The molecule has 30 heavy (non-hydrogen) atoms. The van der Waals surface area contributed by atoms with Gasteiger partial charge in [0.05, 0.1) is 12.5 Å². The van der Waals surface area contributed by atoms with E-state index in [-0.39, 0.29) is 5.91 Å². The number of amides is 1. The Balaban J connectivity index is 1.42. The zero-order valence-electron chi connectivity index (χ0n) is 16.3. The molecule has 0 aliphatic rings. The Hall–Kier alpha value is -3.51. The molecule has 0 aliphatic carbocycles. The molecule has 0 radical (unpaired) electrons. The standard InChI is InChI=1S/C24H21N3O2S/c28-23(22(18-10-4-1-5-11-18)19-12-6-2-7-13-19)25-24-27-26-21(30-24)16-17-29-20-14-8-3-9-15-20/h1-15,22H,16-17H2,(H,25,27,28). The molecular weight excluding hydrogens is 394 g/mol. The van der Waals surface area contributed by atoms with Gasteiger partial charge in [-0.1, -0.05) is 90.2 Å². The molecule has 0 saturated carbocycles. The summed E-state index contributed by atoms with van der Waals surface area (Å²) in [4.78, 5) is 13.1. The molecule has 1 N–H and O–H groups in total. The number of anilines is 1. The Kier molecular flexibility index (Phi) is 6.47. The molecule has 5 nitrogen and oxygen atoms in total. The van der Waals surface area contributed by atoms with Crippen molar-refractivity contribution in [2.24, 2.45) is 0 Å². The Labute approximate surface area is 179 Å². The van der Waals surface area contributed by atoms with Gasteiger partial charge in [-0.25, -0.2) is 0 Å². The number of nitrogens with zero attached hydrogens (tertiary/aromatic N) is 2. The summed E-state index contributed by atoms with van der Waals surface area (Å²) in [5.74, 6) is 0.279. The summed E-state index contributed by atoms with van der Waals surface area (Å²) in [6, 6.07) is 29.1. The lowest BCUT2D eigenvalue weighted by Crippen LogP contribution is -2.22. The first-order chi connectivity index (χ1) is 14.8. The van der Waals surface area contributed by atoms with E-state index in [1.807, 2.05) is 91.0 Å². The Morgan fingerprint density at radius 2 is 1.40 bits per heavy atom. The highest BCUT2D eigenvalue weighted by Gasteiger charge is 2.23. The van der Waals surface area contributed by atoms with Crippen LogP contribution in [0.25, 0.3) is 0 Å². The monoisotopic (exact) mass is 415 g/mol. The summed E-state index contributed by atoms with van der Waals surface area (Å²) >= 11 is 1.37. The number of ether oxygens (including phenoxy) is 1. The number of para-hydroxylation sites is 1. The van der Waals surface area contributed by atoms with Gasteiger partial charge in [0.15, 0.2) is 0 Å². The minimum absolute atomic E-state index is 0.129. The van der Waals surface area contributed by atoms with Crippen LogP contribution >= 0.6 is 11.3 Å². The number of rotatable bonds is 8. The van der Waals surface area contributed by atoms with Crippen molar-refractivity contribution in [1.82, 2.24) is 10.2 Å². The van der Waals surface area contributed by atoms with Crippen molar-refractivity contribution in [3.05, 3.63) is 107 Å². The fourth-order valence-electron chi connectivity index (χ4n) is 3.14. The lowest BCUT2D eigenvalue weighted by Gasteiger charge is -2.16. The van der Waals surface area contributed by atoms with Crippen molar-refractivity contribution >= 4 is 22.4 Å². The number of benzene rings is 3. The van der Waals surface area contributed by atoms with Gasteiger partial charge >= 0.3 is 0 Å². The van der Waals surface area contributed by atoms with Crippen molar-refractivity contribution in [3.63, 3.8) is 0 Å². The summed E-state index contributed by atoms with van der Waals surface area (Å²) in [6.07, 6.45) is 0.628. The Morgan fingerprint density at radius 3 is 2.00 bits per heavy atom. The second kappa shape index (κ2) is 9.80. The molecule has 1 heterocycles. The molecule has 0 aliphatic heterocycles. The molecule has 4 rings (SSSR count). The maximum atomic E-state index is 13.1. The van der Waals surface area contributed by atoms with E-state index in [0.717, 1.165) is 21.9 Å². The SMILES string of the molecule is O=C(Nc1nnc(CCOc2ccccc2)s1)C(c1ccccc1)c1ccccc1. The zero-order chi connectivity index (χ0) is 20.6. The van der Waals surface area contributed by atoms with E-state index in [1.54, 1.807) is 0 Å². The van der Waals surface area contributed by atoms with E-state index in [0.29, 0.717) is 18.2 Å². The molecule has 150 valence electrons. The largest absolute Gasteiger partial charge is 0.493 e. The van der Waals surface area contributed by atoms with Crippen LogP contribution in [0.5, 0.6) is 5.75 Å². The van der Waals surface area contributed by atoms with E-state index < -0.39 is 5.92 Å². The van der Waals surface area contributed by atoms with E-state index in [9.17, 15) is 4.79 Å². The highest BCUT2D eigenvalue weighted by Crippen LogP contribution is 2.27. The molecule has 6 heteroatoms. The average molecular weight is 416 g/mol. The molecule has 0 bridgehead atoms. The predicted molar refractivity (Wildman–Crippen MR) is 119 cm³/mol. The second-order valence-electron chi connectivity index (χ2n) is 6.66. The van der Waals surface area contributed by atoms with E-state index in [4.69, 9.17) is 4.74 Å². The maximum absolute atomic E-state index is 13.1. The molecule has 3 aromatic carbocycles. The molecule has 0 fully saturated rings. The number of hydrogen-bond donors (Lipinski definition) is 1. The number of aromatic nitrogens is 2. The van der Waals surface area contributed by atoms with Gasteiger partial charge in [0, 0.05) is 6.42 Å². The molecule has 1 aromatic heterocycles. The smallest absolute Gasteiger partial charge is 0.238 e. The second-order valence-corrected chi connectivity index (χ2v) is 7.72. The van der Waals surface area contributed by atoms with Gasteiger partial charge in [0.25, 0.3) is 0 Å². The van der Waals surface area contributed by atoms with Gasteiger partial charge in [-0.05, 0) is 23.3 Å². The van der Waals surface area contributed by atoms with Gasteiger partial charge in [0.2, 0.25) is 11.0 Å². The normalized spacial score (nSPS) is 10.7. The third-order valence-electron chi connectivity index (χ3n) is 4.55. The summed E-state index contributed by atoms with van der Waals surface area (Å²) in [6.45, 7) is 0.503. The lowest BCUT2D eigenvalue weighted by atomic mass is 9.90. The average Bonchev–Trinajstić information content (AvgIpc) is 3.23. The van der Waals surface area contributed by atoms with Gasteiger partial charge in [-0.3, -0.25) is 10.1 Å². The van der Waals surface area contributed by atoms with Crippen LogP contribution in [0.2, 0.25) is 0 Å². The minimum Gasteiger partial charge on any atom is -0.493 e. The fourth-order valence-corrected chi connectivity index (χ4v) is 3.87. The summed E-state index contributed by atoms with van der Waals surface area (Å²) in [5, 5.41) is 12.6. The fraction of sp³-hybridized carbons (Fsp3) is 0.125. The third kappa shape index (κ3) is 5.10. The van der Waals surface area contributed by atoms with Crippen molar-refractivity contribution < 1.29 is 9.53 Å². The molecule has 0 atom stereocenters. The predicted octanol–water partition coefficient (Wildman–Crippen LogP) is 4.93. The summed E-state index contributed by atoms with van der Waals surface area (Å²) in [7, 11) is 0. The zero-order valence-corrected chi connectivity index (χ0v) is 17.1. The number of hydrogen-bond acceptors (Lipinski definition) is 5. The maximum Gasteiger partial charge on any atom is 0.238 e. The molecule has 0 saturated heterocycles. The van der Waals surface area contributed by atoms with Crippen LogP contribution in [0.3, 0.4) is 0 Å². The van der Waals surface area contributed by atoms with Crippen LogP contribution < -0.4 is 10.1 Å². The van der Waals surface area contributed by atoms with Crippen LogP contribution in [0.1, 0.15) is 22.1 Å². The van der Waals surface area contributed by atoms with Crippen LogP contribution in [0.15, 0.2) is 91.0 Å². The van der Waals surface area contributed by atoms with Gasteiger partial charge in [0.1, 0.15) is 10.8 Å². The van der Waals surface area contributed by atoms with Crippen molar-refractivity contribution in [2.45, 2.75) is 12.3 Å². The van der Waals surface area contributed by atoms with Crippen molar-refractivity contribution in [1.29, 1.82) is 0 Å².